The number of piperidine rings is 1. The minimum absolute atomic E-state index is 0.0211. The maximum Gasteiger partial charge on any atom is 0.0481 e. The molecule has 104 valence electrons. The molecule has 3 heteroatoms. The van der Waals surface area contributed by atoms with Gasteiger partial charge in [0.05, 0.1) is 0 Å². The first-order valence-corrected chi connectivity index (χ1v) is 7.92. The lowest BCUT2D eigenvalue weighted by Gasteiger charge is -2.59. The van der Waals surface area contributed by atoms with Crippen molar-refractivity contribution in [2.75, 3.05) is 0 Å². The summed E-state index contributed by atoms with van der Waals surface area (Å²) >= 11 is 0. The molecular weight excluding hydrogens is 224 g/mol. The summed E-state index contributed by atoms with van der Waals surface area (Å²) < 4.78 is 0. The molecule has 0 bridgehead atoms. The third-order valence-electron chi connectivity index (χ3n) is 5.75. The highest BCUT2D eigenvalue weighted by Gasteiger charge is 2.53. The van der Waals surface area contributed by atoms with E-state index in [1.807, 2.05) is 5.06 Å². The second-order valence-corrected chi connectivity index (χ2v) is 7.05. The molecule has 1 saturated heterocycles. The molecule has 0 aromatic rings. The van der Waals surface area contributed by atoms with Crippen LogP contribution in [0.25, 0.3) is 0 Å². The van der Waals surface area contributed by atoms with Gasteiger partial charge in [-0.15, -0.1) is 0 Å². The van der Waals surface area contributed by atoms with Crippen LogP contribution in [0.2, 0.25) is 0 Å². The Morgan fingerprint density at radius 3 is 1.56 bits per heavy atom. The van der Waals surface area contributed by atoms with Gasteiger partial charge in [0.1, 0.15) is 0 Å². The summed E-state index contributed by atoms with van der Waals surface area (Å²) in [5, 5.41) is 12.8. The largest absolute Gasteiger partial charge is 0.328 e. The van der Waals surface area contributed by atoms with Gasteiger partial charge >= 0.3 is 0 Å². The molecule has 0 radical (unpaired) electrons. The van der Waals surface area contributed by atoms with Gasteiger partial charge in [-0.05, 0) is 38.5 Å². The summed E-state index contributed by atoms with van der Waals surface area (Å²) in [6.45, 7) is 0. The van der Waals surface area contributed by atoms with E-state index in [9.17, 15) is 5.21 Å². The first-order valence-electron chi connectivity index (χ1n) is 7.92. The Labute approximate surface area is 111 Å². The smallest absolute Gasteiger partial charge is 0.0481 e. The Hall–Kier alpha value is -0.120. The van der Waals surface area contributed by atoms with Crippen LogP contribution in [0, 0.1) is 0 Å². The number of nitrogens with zero attached hydrogens (tertiary/aromatic N) is 1. The van der Waals surface area contributed by atoms with Crippen LogP contribution in [0.15, 0.2) is 0 Å². The van der Waals surface area contributed by atoms with Crippen LogP contribution in [0.1, 0.15) is 77.0 Å². The zero-order valence-corrected chi connectivity index (χ0v) is 11.5. The van der Waals surface area contributed by atoms with Gasteiger partial charge in [-0.2, -0.15) is 5.06 Å². The maximum absolute atomic E-state index is 11.0. The highest BCUT2D eigenvalue weighted by atomic mass is 16.5. The number of nitrogens with two attached hydrogens (primary N) is 1. The maximum atomic E-state index is 11.0. The summed E-state index contributed by atoms with van der Waals surface area (Å²) in [5.41, 5.74) is 6.41. The fourth-order valence-electron chi connectivity index (χ4n) is 4.98. The number of hydrogen-bond acceptors (Lipinski definition) is 3. The van der Waals surface area contributed by atoms with E-state index < -0.39 is 0 Å². The van der Waals surface area contributed by atoms with Crippen molar-refractivity contribution in [3.63, 3.8) is 0 Å². The van der Waals surface area contributed by atoms with E-state index in [4.69, 9.17) is 5.73 Å². The molecule has 2 spiro atoms. The molecule has 2 aliphatic carbocycles. The molecule has 0 atom stereocenters. The van der Waals surface area contributed by atoms with E-state index in [0.29, 0.717) is 6.04 Å². The van der Waals surface area contributed by atoms with Gasteiger partial charge < -0.3 is 10.9 Å². The van der Waals surface area contributed by atoms with Crippen molar-refractivity contribution in [1.29, 1.82) is 0 Å². The quantitative estimate of drug-likeness (QED) is 0.696. The average Bonchev–Trinajstić information content (AvgIpc) is 2.38. The first kappa shape index (κ1) is 12.9. The van der Waals surface area contributed by atoms with Crippen molar-refractivity contribution in [3.05, 3.63) is 0 Å². The third kappa shape index (κ3) is 2.00. The molecule has 0 unspecified atom stereocenters. The van der Waals surface area contributed by atoms with Gasteiger partial charge in [-0.25, -0.2) is 0 Å². The van der Waals surface area contributed by atoms with Gasteiger partial charge in [0.2, 0.25) is 0 Å². The van der Waals surface area contributed by atoms with Crippen molar-refractivity contribution in [3.8, 4) is 0 Å². The van der Waals surface area contributed by atoms with Crippen LogP contribution in [-0.4, -0.2) is 27.4 Å². The number of hydroxylamine groups is 2. The predicted molar refractivity (Wildman–Crippen MR) is 72.5 cm³/mol. The van der Waals surface area contributed by atoms with Crippen molar-refractivity contribution in [2.24, 2.45) is 5.73 Å². The van der Waals surface area contributed by atoms with E-state index in [0.717, 1.165) is 38.5 Å². The van der Waals surface area contributed by atoms with Crippen LogP contribution >= 0.6 is 0 Å². The third-order valence-corrected chi connectivity index (χ3v) is 5.75. The van der Waals surface area contributed by atoms with Crippen LogP contribution in [0.4, 0.5) is 0 Å². The molecule has 3 aliphatic rings. The Morgan fingerprint density at radius 1 is 0.778 bits per heavy atom. The molecule has 3 nitrogen and oxygen atoms in total. The van der Waals surface area contributed by atoms with E-state index in [1.54, 1.807) is 0 Å². The normalized spacial score (nSPS) is 36.0. The lowest BCUT2D eigenvalue weighted by atomic mass is 9.65. The minimum atomic E-state index is 0.0211. The Balaban J connectivity index is 1.86. The van der Waals surface area contributed by atoms with Crippen molar-refractivity contribution in [1.82, 2.24) is 5.06 Å². The van der Waals surface area contributed by atoms with Crippen LogP contribution in [-0.2, 0) is 0 Å². The topological polar surface area (TPSA) is 49.5 Å². The monoisotopic (exact) mass is 252 g/mol. The molecule has 3 fully saturated rings. The predicted octanol–water partition coefficient (Wildman–Crippen LogP) is 3.20. The molecule has 1 heterocycles. The Morgan fingerprint density at radius 2 is 1.17 bits per heavy atom. The second kappa shape index (κ2) is 4.77. The summed E-state index contributed by atoms with van der Waals surface area (Å²) in [4.78, 5) is 0. The molecule has 18 heavy (non-hydrogen) atoms. The Kier molecular flexibility index (Phi) is 3.41. The summed E-state index contributed by atoms with van der Waals surface area (Å²) in [7, 11) is 0. The van der Waals surface area contributed by atoms with Crippen molar-refractivity contribution >= 4 is 0 Å². The van der Waals surface area contributed by atoms with Crippen LogP contribution in [0.5, 0.6) is 0 Å². The first-order chi connectivity index (χ1) is 8.67. The summed E-state index contributed by atoms with van der Waals surface area (Å²) in [6.07, 6.45) is 14.3. The van der Waals surface area contributed by atoms with E-state index in [1.165, 1.54) is 38.5 Å². The van der Waals surface area contributed by atoms with E-state index >= 15 is 0 Å². The Bertz CT molecular complexity index is 265. The van der Waals surface area contributed by atoms with Gasteiger partial charge in [0, 0.05) is 17.1 Å². The zero-order valence-electron chi connectivity index (χ0n) is 11.5. The minimum Gasteiger partial charge on any atom is -0.328 e. The lowest BCUT2D eigenvalue weighted by Crippen LogP contribution is -2.67. The van der Waals surface area contributed by atoms with Gasteiger partial charge in [0.15, 0.2) is 0 Å². The molecule has 3 rings (SSSR count). The van der Waals surface area contributed by atoms with E-state index in [2.05, 4.69) is 0 Å². The van der Waals surface area contributed by atoms with E-state index in [-0.39, 0.29) is 11.1 Å². The fourth-order valence-corrected chi connectivity index (χ4v) is 4.98. The molecule has 1 aliphatic heterocycles. The lowest BCUT2D eigenvalue weighted by molar-refractivity contribution is -0.280. The van der Waals surface area contributed by atoms with Crippen LogP contribution in [0.3, 0.4) is 0 Å². The number of rotatable bonds is 0. The summed E-state index contributed by atoms with van der Waals surface area (Å²) in [5.74, 6) is 0. The highest BCUT2D eigenvalue weighted by molar-refractivity contribution is 5.07. The molecule has 0 aromatic carbocycles. The number of hydrogen-bond donors (Lipinski definition) is 2. The SMILES string of the molecule is NC1CC2(CCCCC2)N(O)C2(CCCCC2)C1. The second-order valence-electron chi connectivity index (χ2n) is 7.05. The highest BCUT2D eigenvalue weighted by Crippen LogP contribution is 2.49. The average molecular weight is 252 g/mol. The van der Waals surface area contributed by atoms with Crippen molar-refractivity contribution in [2.45, 2.75) is 94.2 Å². The molecule has 2 saturated carbocycles. The van der Waals surface area contributed by atoms with Gasteiger partial charge in [-0.3, -0.25) is 0 Å². The van der Waals surface area contributed by atoms with Crippen molar-refractivity contribution < 1.29 is 5.21 Å². The molecular formula is C15H28N2O. The van der Waals surface area contributed by atoms with Gasteiger partial charge in [-0.1, -0.05) is 38.5 Å². The molecule has 0 amide bonds. The van der Waals surface area contributed by atoms with Gasteiger partial charge in [0.25, 0.3) is 0 Å². The van der Waals surface area contributed by atoms with Crippen LogP contribution < -0.4 is 5.73 Å². The zero-order chi connectivity index (χ0) is 12.6. The molecule has 3 N–H and O–H groups in total. The molecule has 0 aromatic heterocycles. The standard InChI is InChI=1S/C15H28N2O/c16-13-11-14(7-3-1-4-8-14)17(18)15(12-13)9-5-2-6-10-15/h13,18H,1-12,16H2. The fraction of sp³-hybridized carbons (Fsp3) is 1.00. The summed E-state index contributed by atoms with van der Waals surface area (Å²) in [6, 6.07) is 0.296.